The highest BCUT2D eigenvalue weighted by atomic mass is 16.1. The van der Waals surface area contributed by atoms with Gasteiger partial charge in [0.05, 0.1) is 0 Å². The summed E-state index contributed by atoms with van der Waals surface area (Å²) >= 11 is 0. The average Bonchev–Trinajstić information content (AvgIpc) is 2.26. The highest BCUT2D eigenvalue weighted by Gasteiger charge is 1.79. The summed E-state index contributed by atoms with van der Waals surface area (Å²) in [5.41, 5.74) is 0. The third-order valence-corrected chi connectivity index (χ3v) is 1.83. The monoisotopic (exact) mass is 203 g/mol. The second-order valence-electron chi connectivity index (χ2n) is 3.17. The number of unbranched alkanes of at least 4 members (excludes halogenated alkanes) is 3. The molecule has 0 heterocycles. The van der Waals surface area contributed by atoms with Gasteiger partial charge < -0.3 is 0 Å². The van der Waals surface area contributed by atoms with Crippen LogP contribution in [0.3, 0.4) is 0 Å². The molecular formula is C14H19O. The molecule has 15 heavy (non-hydrogen) atoms. The van der Waals surface area contributed by atoms with Crippen LogP contribution in [0.2, 0.25) is 0 Å². The zero-order chi connectivity index (χ0) is 11.2. The first-order chi connectivity index (χ1) is 7.41. The van der Waals surface area contributed by atoms with Crippen molar-refractivity contribution in [3.8, 4) is 0 Å². The zero-order valence-electron chi connectivity index (χ0n) is 9.36. The normalized spacial score (nSPS) is 12.6. The van der Waals surface area contributed by atoms with Gasteiger partial charge in [0.25, 0.3) is 0 Å². The molecule has 0 spiro atoms. The van der Waals surface area contributed by atoms with Crippen LogP contribution in [0.25, 0.3) is 0 Å². The summed E-state index contributed by atoms with van der Waals surface area (Å²) in [6.45, 7) is 2.21. The summed E-state index contributed by atoms with van der Waals surface area (Å²) < 4.78 is 0. The number of hydrogen-bond acceptors (Lipinski definition) is 1. The minimum absolute atomic E-state index is 1.15. The van der Waals surface area contributed by atoms with E-state index in [2.05, 4.69) is 19.1 Å². The number of rotatable bonds is 8. The van der Waals surface area contributed by atoms with Gasteiger partial charge in [-0.15, -0.1) is 0 Å². The van der Waals surface area contributed by atoms with Crippen molar-refractivity contribution in [1.29, 1.82) is 0 Å². The van der Waals surface area contributed by atoms with E-state index in [1.807, 2.05) is 18.2 Å². The van der Waals surface area contributed by atoms with Gasteiger partial charge in [0, 0.05) is 0 Å². The van der Waals surface area contributed by atoms with E-state index in [-0.39, 0.29) is 0 Å². The molecule has 81 valence electrons. The van der Waals surface area contributed by atoms with Crippen molar-refractivity contribution in [3.05, 3.63) is 48.6 Å². The molecule has 0 aromatic heterocycles. The molecule has 0 bridgehead atoms. The van der Waals surface area contributed by atoms with E-state index < -0.39 is 0 Å². The second-order valence-corrected chi connectivity index (χ2v) is 3.17. The van der Waals surface area contributed by atoms with Gasteiger partial charge in [-0.25, -0.2) is 0 Å². The lowest BCUT2D eigenvalue weighted by atomic mass is 10.2. The van der Waals surface area contributed by atoms with Gasteiger partial charge >= 0.3 is 0 Å². The van der Waals surface area contributed by atoms with E-state index in [9.17, 15) is 4.79 Å². The van der Waals surface area contributed by atoms with E-state index in [0.29, 0.717) is 0 Å². The first kappa shape index (κ1) is 13.6. The van der Waals surface area contributed by atoms with Crippen LogP contribution < -0.4 is 0 Å². The van der Waals surface area contributed by atoms with Gasteiger partial charge in [-0.05, 0) is 18.9 Å². The first-order valence-corrected chi connectivity index (χ1v) is 5.44. The van der Waals surface area contributed by atoms with Crippen LogP contribution in [0.15, 0.2) is 48.6 Å². The third kappa shape index (κ3) is 12.6. The quantitative estimate of drug-likeness (QED) is 0.332. The molecular weight excluding hydrogens is 184 g/mol. The second kappa shape index (κ2) is 12.6. The van der Waals surface area contributed by atoms with E-state index in [4.69, 9.17) is 0 Å². The molecule has 0 saturated heterocycles. The number of carbonyl (C=O) groups excluding carboxylic acids is 1. The standard InChI is InChI=1S/C14H19O/c1-2-3-4-5-6-7-8-9-10-11-12-13-14-15/h6-13H,2-5H2,1H3. The summed E-state index contributed by atoms with van der Waals surface area (Å²) in [6.07, 6.45) is 21.5. The highest BCUT2D eigenvalue weighted by molar-refractivity contribution is 5.66. The molecule has 0 amide bonds. The molecule has 0 saturated carbocycles. The maximum absolute atomic E-state index is 9.79. The van der Waals surface area contributed by atoms with Crippen LogP contribution in [-0.2, 0) is 4.79 Å². The van der Waals surface area contributed by atoms with Gasteiger partial charge in [-0.2, -0.15) is 0 Å². The predicted octanol–water partition coefficient (Wildman–Crippen LogP) is 3.90. The van der Waals surface area contributed by atoms with Gasteiger partial charge in [0.1, 0.15) is 0 Å². The summed E-state index contributed by atoms with van der Waals surface area (Å²) in [6, 6.07) is 0. The molecule has 0 fully saturated rings. The average molecular weight is 203 g/mol. The fourth-order valence-corrected chi connectivity index (χ4v) is 1.04. The minimum atomic E-state index is 1.15. The molecule has 0 N–H and O–H groups in total. The Labute approximate surface area is 92.9 Å². The molecule has 1 heteroatoms. The lowest BCUT2D eigenvalue weighted by Gasteiger charge is -1.89. The molecule has 0 aliphatic carbocycles. The van der Waals surface area contributed by atoms with Crippen LogP contribution in [0.5, 0.6) is 0 Å². The van der Waals surface area contributed by atoms with Gasteiger partial charge in [0.2, 0.25) is 6.29 Å². The van der Waals surface area contributed by atoms with Crippen molar-refractivity contribution < 1.29 is 4.79 Å². The molecule has 0 atom stereocenters. The summed E-state index contributed by atoms with van der Waals surface area (Å²) in [4.78, 5) is 9.79. The minimum Gasteiger partial charge on any atom is -0.286 e. The van der Waals surface area contributed by atoms with Crippen molar-refractivity contribution in [2.45, 2.75) is 32.6 Å². The molecule has 0 aromatic rings. The lowest BCUT2D eigenvalue weighted by Crippen LogP contribution is -1.69. The van der Waals surface area contributed by atoms with Crippen LogP contribution in [0, 0.1) is 0 Å². The Kier molecular flexibility index (Phi) is 11.5. The fourth-order valence-electron chi connectivity index (χ4n) is 1.04. The Bertz CT molecular complexity index is 244. The summed E-state index contributed by atoms with van der Waals surface area (Å²) in [7, 11) is 0. The van der Waals surface area contributed by atoms with E-state index in [1.54, 1.807) is 18.4 Å². The Morgan fingerprint density at radius 1 is 0.933 bits per heavy atom. The van der Waals surface area contributed by atoms with E-state index in [0.717, 1.165) is 6.42 Å². The van der Waals surface area contributed by atoms with Gasteiger partial charge in [-0.3, -0.25) is 4.79 Å². The first-order valence-electron chi connectivity index (χ1n) is 5.44. The SMILES string of the molecule is CCCCCC=CC=CC=CC=C[C]=O. The molecule has 0 aliphatic heterocycles. The molecule has 1 radical (unpaired) electrons. The summed E-state index contributed by atoms with van der Waals surface area (Å²) in [5.74, 6) is 0. The van der Waals surface area contributed by atoms with Crippen molar-refractivity contribution in [2.24, 2.45) is 0 Å². The number of hydrogen-bond donors (Lipinski definition) is 0. The largest absolute Gasteiger partial charge is 0.286 e. The van der Waals surface area contributed by atoms with Crippen LogP contribution in [0.4, 0.5) is 0 Å². The maximum Gasteiger partial charge on any atom is 0.225 e. The smallest absolute Gasteiger partial charge is 0.225 e. The third-order valence-electron chi connectivity index (χ3n) is 1.83. The van der Waals surface area contributed by atoms with Crippen molar-refractivity contribution in [2.75, 3.05) is 0 Å². The molecule has 0 unspecified atom stereocenters. The zero-order valence-corrected chi connectivity index (χ0v) is 9.36. The van der Waals surface area contributed by atoms with Crippen molar-refractivity contribution in [1.82, 2.24) is 0 Å². The Hall–Kier alpha value is -1.37. The Balaban J connectivity index is 3.48. The predicted molar refractivity (Wildman–Crippen MR) is 66.4 cm³/mol. The topological polar surface area (TPSA) is 17.1 Å². The molecule has 0 rings (SSSR count). The highest BCUT2D eigenvalue weighted by Crippen LogP contribution is 1.99. The summed E-state index contributed by atoms with van der Waals surface area (Å²) in [5, 5.41) is 0. The van der Waals surface area contributed by atoms with Gasteiger partial charge in [-0.1, -0.05) is 62.3 Å². The lowest BCUT2D eigenvalue weighted by molar-refractivity contribution is 0.564. The maximum atomic E-state index is 9.79. The van der Waals surface area contributed by atoms with Crippen LogP contribution in [0.1, 0.15) is 32.6 Å². The van der Waals surface area contributed by atoms with Gasteiger partial charge in [0.15, 0.2) is 0 Å². The Morgan fingerprint density at radius 2 is 1.60 bits per heavy atom. The van der Waals surface area contributed by atoms with Crippen LogP contribution >= 0.6 is 0 Å². The molecule has 0 aromatic carbocycles. The molecule has 0 aliphatic rings. The Morgan fingerprint density at radius 3 is 2.27 bits per heavy atom. The van der Waals surface area contributed by atoms with E-state index >= 15 is 0 Å². The van der Waals surface area contributed by atoms with Crippen LogP contribution in [-0.4, -0.2) is 6.29 Å². The van der Waals surface area contributed by atoms with E-state index in [1.165, 1.54) is 25.3 Å². The number of allylic oxidation sites excluding steroid dienone is 8. The van der Waals surface area contributed by atoms with Crippen molar-refractivity contribution >= 4 is 6.29 Å². The van der Waals surface area contributed by atoms with Crippen molar-refractivity contribution in [3.63, 3.8) is 0 Å². The fraction of sp³-hybridized carbons (Fsp3) is 0.357. The molecule has 1 nitrogen and oxygen atoms in total.